The molecule has 0 aliphatic rings. The van der Waals surface area contributed by atoms with Crippen molar-refractivity contribution in [2.75, 3.05) is 0 Å². The third-order valence-electron chi connectivity index (χ3n) is 6.11. The van der Waals surface area contributed by atoms with Gasteiger partial charge >= 0.3 is 18.1 Å². The molecule has 0 saturated heterocycles. The molecule has 0 atom stereocenters. The Balaban J connectivity index is 0. The molecule has 4 rings (SSSR count). The molecular formula is C37H52N6O6. The quantitative estimate of drug-likeness (QED) is 0.201. The van der Waals surface area contributed by atoms with Gasteiger partial charge in [0.25, 0.3) is 0 Å². The number of carboxylic acids is 2. The van der Waals surface area contributed by atoms with E-state index in [1.54, 1.807) is 13.1 Å². The van der Waals surface area contributed by atoms with Gasteiger partial charge in [0.1, 0.15) is 11.6 Å². The Morgan fingerprint density at radius 1 is 0.653 bits per heavy atom. The Kier molecular flexibility index (Phi) is 22.5. The smallest absolute Gasteiger partial charge is 0.373 e. The van der Waals surface area contributed by atoms with Crippen LogP contribution in [0.4, 0.5) is 0 Å². The Hall–Kier alpha value is -5.22. The van der Waals surface area contributed by atoms with E-state index in [2.05, 4.69) is 57.6 Å². The van der Waals surface area contributed by atoms with Crippen molar-refractivity contribution in [1.82, 2.24) is 29.9 Å². The first-order valence-electron chi connectivity index (χ1n) is 15.4. The molecule has 266 valence electrons. The van der Waals surface area contributed by atoms with Gasteiger partial charge in [-0.3, -0.25) is 9.97 Å². The van der Waals surface area contributed by atoms with Gasteiger partial charge in [-0.15, -0.1) is 0 Å². The zero-order valence-electron chi connectivity index (χ0n) is 29.7. The van der Waals surface area contributed by atoms with Gasteiger partial charge in [-0.1, -0.05) is 68.9 Å². The van der Waals surface area contributed by atoms with Gasteiger partial charge in [0, 0.05) is 53.2 Å². The van der Waals surface area contributed by atoms with Gasteiger partial charge in [-0.05, 0) is 68.5 Å². The van der Waals surface area contributed by atoms with Crippen molar-refractivity contribution in [1.29, 1.82) is 0 Å². The number of nitrogens with zero attached hydrogens (tertiary/aromatic N) is 6. The Bertz CT molecular complexity index is 1580. The molecule has 0 spiro atoms. The van der Waals surface area contributed by atoms with Crippen LogP contribution in [0.1, 0.15) is 147 Å². The first-order valence-corrected chi connectivity index (χ1v) is 15.4. The van der Waals surface area contributed by atoms with E-state index in [1.807, 2.05) is 72.0 Å². The molecule has 2 N–H and O–H groups in total. The second kappa shape index (κ2) is 24.0. The summed E-state index contributed by atoms with van der Waals surface area (Å²) < 4.78 is 0. The number of aryl methyl sites for hydroxylation is 3. The zero-order chi connectivity index (χ0) is 37.0. The maximum absolute atomic E-state index is 10.7. The fourth-order valence-corrected chi connectivity index (χ4v) is 3.75. The summed E-state index contributed by atoms with van der Waals surface area (Å²) in [6.45, 7) is 22.0. The normalized spacial score (nSPS) is 9.69. The lowest BCUT2D eigenvalue weighted by Crippen LogP contribution is -2.07. The molecule has 0 amide bonds. The topological polar surface area (TPSA) is 186 Å². The second-order valence-corrected chi connectivity index (χ2v) is 11.8. The van der Waals surface area contributed by atoms with Gasteiger partial charge in [-0.25, -0.2) is 29.5 Å². The number of hydrogen-bond donors (Lipinski definition) is 2. The van der Waals surface area contributed by atoms with Crippen LogP contribution in [0.3, 0.4) is 0 Å². The molecule has 0 aliphatic carbocycles. The second-order valence-electron chi connectivity index (χ2n) is 11.8. The molecule has 0 fully saturated rings. The summed E-state index contributed by atoms with van der Waals surface area (Å²) in [6.07, 6.45) is 5.18. The number of hydrogen-bond acceptors (Lipinski definition) is 10. The van der Waals surface area contributed by atoms with E-state index >= 15 is 0 Å². The van der Waals surface area contributed by atoms with E-state index in [-0.39, 0.29) is 31.1 Å². The number of pyridine rings is 2. The van der Waals surface area contributed by atoms with Crippen molar-refractivity contribution < 1.29 is 29.4 Å². The standard InChI is InChI=1S/C9H12N2O2.C9H14N2.C9H11NO2.C8H11N.CO2.CH4/c1-5(2)8-10-6(3)4-7(11-8)9(12)13;1-6(2)9-10-7(3)5-8(4)11-9;1-6(2)8-5-10-4-3-7(8)9(11)12;1-7(2)8-5-3-4-6-9-8;2-1-3;/h4-5H,1-3H3,(H,12,13);5-6H,1-4H3;3-6H,1-2H3,(H,11,12);3-7H,1-2H3;;1H4. The first-order chi connectivity index (χ1) is 22.4. The van der Waals surface area contributed by atoms with Crippen LogP contribution in [0.5, 0.6) is 0 Å². The maximum Gasteiger partial charge on any atom is 0.373 e. The van der Waals surface area contributed by atoms with E-state index < -0.39 is 11.9 Å². The number of carbonyl (C=O) groups is 2. The van der Waals surface area contributed by atoms with E-state index in [1.165, 1.54) is 18.3 Å². The molecule has 0 radical (unpaired) electrons. The molecule has 0 saturated carbocycles. The molecule has 12 nitrogen and oxygen atoms in total. The summed E-state index contributed by atoms with van der Waals surface area (Å²) in [6, 6.07) is 11.0. The fraction of sp³-hybridized carbons (Fsp3) is 0.432. The molecule has 4 heterocycles. The SMILES string of the molecule is C.CC(C)c1ccccn1.CC(C)c1cnccc1C(=O)O.Cc1cc(C(=O)O)nc(C(C)C)n1.Cc1cc(C)nc(C(C)C)n1.O=C=O. The lowest BCUT2D eigenvalue weighted by atomic mass is 10.00. The van der Waals surface area contributed by atoms with E-state index in [9.17, 15) is 9.59 Å². The third-order valence-corrected chi connectivity index (χ3v) is 6.11. The van der Waals surface area contributed by atoms with Crippen LogP contribution in [0, 0.1) is 20.8 Å². The van der Waals surface area contributed by atoms with E-state index in [4.69, 9.17) is 19.8 Å². The Labute approximate surface area is 290 Å². The van der Waals surface area contributed by atoms with Crippen LogP contribution in [0.25, 0.3) is 0 Å². The number of rotatable bonds is 6. The third kappa shape index (κ3) is 18.6. The Morgan fingerprint density at radius 3 is 1.49 bits per heavy atom. The molecule has 0 bridgehead atoms. The summed E-state index contributed by atoms with van der Waals surface area (Å²) in [5.74, 6) is 0.955. The minimum Gasteiger partial charge on any atom is -0.478 e. The first kappa shape index (κ1) is 45.9. The van der Waals surface area contributed by atoms with Gasteiger partial charge in [-0.2, -0.15) is 9.59 Å². The average molecular weight is 677 g/mol. The van der Waals surface area contributed by atoms with Gasteiger partial charge in [0.2, 0.25) is 0 Å². The monoisotopic (exact) mass is 676 g/mol. The van der Waals surface area contributed by atoms with E-state index in [0.717, 1.165) is 28.5 Å². The van der Waals surface area contributed by atoms with Crippen LogP contribution in [-0.2, 0) is 9.59 Å². The van der Waals surface area contributed by atoms with Crippen molar-refractivity contribution >= 4 is 18.1 Å². The number of aromatic nitrogens is 6. The van der Waals surface area contributed by atoms with Gasteiger partial charge < -0.3 is 10.2 Å². The molecular weight excluding hydrogens is 624 g/mol. The number of carboxylic acid groups (broad SMARTS) is 2. The molecule has 0 aliphatic heterocycles. The summed E-state index contributed by atoms with van der Waals surface area (Å²) in [4.78, 5) is 62.4. The predicted molar refractivity (Wildman–Crippen MR) is 189 cm³/mol. The number of carbonyl (C=O) groups excluding carboxylic acids is 2. The summed E-state index contributed by atoms with van der Waals surface area (Å²) in [5, 5.41) is 17.5. The van der Waals surface area contributed by atoms with Crippen LogP contribution in [-0.4, -0.2) is 58.2 Å². The highest BCUT2D eigenvalue weighted by atomic mass is 16.4. The van der Waals surface area contributed by atoms with Crippen molar-refractivity contribution in [2.24, 2.45) is 0 Å². The maximum atomic E-state index is 10.7. The molecule has 12 heteroatoms. The van der Waals surface area contributed by atoms with Crippen LogP contribution in [0.15, 0.2) is 55.0 Å². The summed E-state index contributed by atoms with van der Waals surface area (Å²) in [5.41, 5.74) is 5.16. The summed E-state index contributed by atoms with van der Waals surface area (Å²) >= 11 is 0. The lowest BCUT2D eigenvalue weighted by Gasteiger charge is -2.07. The van der Waals surface area contributed by atoms with Crippen molar-refractivity contribution in [2.45, 2.75) is 107 Å². The minimum absolute atomic E-state index is 0. The van der Waals surface area contributed by atoms with Gasteiger partial charge in [0.15, 0.2) is 5.69 Å². The highest BCUT2D eigenvalue weighted by Crippen LogP contribution is 2.17. The van der Waals surface area contributed by atoms with Gasteiger partial charge in [0.05, 0.1) is 5.56 Å². The van der Waals surface area contributed by atoms with Crippen molar-refractivity contribution in [3.63, 3.8) is 0 Å². The summed E-state index contributed by atoms with van der Waals surface area (Å²) in [7, 11) is 0. The molecule has 0 aromatic carbocycles. The highest BCUT2D eigenvalue weighted by molar-refractivity contribution is 5.89. The zero-order valence-corrected chi connectivity index (χ0v) is 29.7. The van der Waals surface area contributed by atoms with Crippen molar-refractivity contribution in [3.05, 3.63) is 106 Å². The molecule has 4 aromatic heterocycles. The highest BCUT2D eigenvalue weighted by Gasteiger charge is 2.12. The van der Waals surface area contributed by atoms with E-state index in [0.29, 0.717) is 28.9 Å². The van der Waals surface area contributed by atoms with Crippen LogP contribution >= 0.6 is 0 Å². The molecule has 0 unspecified atom stereocenters. The Morgan fingerprint density at radius 2 is 1.14 bits per heavy atom. The van der Waals surface area contributed by atoms with Crippen LogP contribution < -0.4 is 0 Å². The molecule has 49 heavy (non-hydrogen) atoms. The lowest BCUT2D eigenvalue weighted by molar-refractivity contribution is -0.191. The molecule has 4 aromatic rings. The minimum atomic E-state index is -1.01. The number of aromatic carboxylic acids is 2. The fourth-order valence-electron chi connectivity index (χ4n) is 3.75. The predicted octanol–water partition coefficient (Wildman–Crippen LogP) is 7.98. The largest absolute Gasteiger partial charge is 0.478 e. The average Bonchev–Trinajstić information content (AvgIpc) is 3.02. The van der Waals surface area contributed by atoms with Crippen molar-refractivity contribution in [3.8, 4) is 0 Å². The van der Waals surface area contributed by atoms with Crippen LogP contribution in [0.2, 0.25) is 0 Å².